The number of methoxy groups -OCH3 is 5. The molecule has 3 rings (SSSR count). The number of carbonyl (C=O) groups is 2. The first-order valence-corrected chi connectivity index (χ1v) is 12.0. The Morgan fingerprint density at radius 2 is 1.32 bits per heavy atom. The van der Waals surface area contributed by atoms with Gasteiger partial charge in [0.1, 0.15) is 0 Å². The van der Waals surface area contributed by atoms with E-state index in [9.17, 15) is 9.59 Å². The third-order valence-electron chi connectivity index (χ3n) is 6.71. The first-order valence-electron chi connectivity index (χ1n) is 12.0. The predicted molar refractivity (Wildman–Crippen MR) is 140 cm³/mol. The van der Waals surface area contributed by atoms with Gasteiger partial charge < -0.3 is 28.6 Å². The molecule has 1 aliphatic rings. The van der Waals surface area contributed by atoms with E-state index in [1.165, 1.54) is 41.1 Å². The minimum absolute atomic E-state index is 0.332. The number of allylic oxidation sites excluding steroid dienone is 2. The van der Waals surface area contributed by atoms with Crippen molar-refractivity contribution < 1.29 is 33.3 Å². The van der Waals surface area contributed by atoms with Crippen molar-refractivity contribution in [1.82, 2.24) is 4.90 Å². The number of carbonyl (C=O) groups excluding carboxylic acids is 2. The van der Waals surface area contributed by atoms with Gasteiger partial charge in [-0.05, 0) is 38.3 Å². The molecule has 0 N–H and O–H groups in total. The standard InChI is InChI=1S/C29H35NO7/c1-18-23(28(31)36-6)25(21-15-16-22(33-3)27(35-5)26(21)34-4)24(29(32)37-7)19(2)30(18)17-11-14-20-12-9-8-10-13-20/h8-10,12-13,15-16,25H,11,14,17H2,1-7H3. The Hall–Kier alpha value is -3.94. The summed E-state index contributed by atoms with van der Waals surface area (Å²) in [5, 5.41) is 0. The van der Waals surface area contributed by atoms with Gasteiger partial charge in [0.15, 0.2) is 11.5 Å². The highest BCUT2D eigenvalue weighted by Crippen LogP contribution is 2.50. The molecule has 0 amide bonds. The number of rotatable bonds is 10. The lowest BCUT2D eigenvalue weighted by Gasteiger charge is -2.38. The summed E-state index contributed by atoms with van der Waals surface area (Å²) in [7, 11) is 7.19. The van der Waals surface area contributed by atoms with Crippen LogP contribution in [-0.2, 0) is 25.5 Å². The average Bonchev–Trinajstić information content (AvgIpc) is 2.93. The van der Waals surface area contributed by atoms with E-state index in [4.69, 9.17) is 23.7 Å². The van der Waals surface area contributed by atoms with Gasteiger partial charge in [-0.1, -0.05) is 36.4 Å². The Kier molecular flexibility index (Phi) is 9.22. The van der Waals surface area contributed by atoms with Crippen LogP contribution in [0.15, 0.2) is 65.0 Å². The molecule has 0 atom stereocenters. The summed E-state index contributed by atoms with van der Waals surface area (Å²) >= 11 is 0. The molecule has 8 heteroatoms. The van der Waals surface area contributed by atoms with E-state index in [1.807, 2.05) is 36.9 Å². The van der Waals surface area contributed by atoms with Crippen molar-refractivity contribution in [3.8, 4) is 17.2 Å². The predicted octanol–water partition coefficient (Wildman–Crippen LogP) is 4.64. The van der Waals surface area contributed by atoms with E-state index in [0.717, 1.165) is 12.8 Å². The van der Waals surface area contributed by atoms with Crippen LogP contribution < -0.4 is 14.2 Å². The number of aryl methyl sites for hydroxylation is 1. The molecule has 0 unspecified atom stereocenters. The number of nitrogens with zero attached hydrogens (tertiary/aromatic N) is 1. The van der Waals surface area contributed by atoms with E-state index in [-0.39, 0.29) is 0 Å². The van der Waals surface area contributed by atoms with Crippen LogP contribution in [-0.4, -0.2) is 58.9 Å². The lowest BCUT2D eigenvalue weighted by molar-refractivity contribution is -0.137. The summed E-state index contributed by atoms with van der Waals surface area (Å²) in [4.78, 5) is 28.5. The first-order chi connectivity index (χ1) is 17.8. The summed E-state index contributed by atoms with van der Waals surface area (Å²) in [6.45, 7) is 4.34. The van der Waals surface area contributed by atoms with Crippen molar-refractivity contribution in [3.05, 3.63) is 76.1 Å². The quantitative estimate of drug-likeness (QED) is 0.429. The third kappa shape index (κ3) is 5.43. The van der Waals surface area contributed by atoms with Crippen molar-refractivity contribution >= 4 is 11.9 Å². The summed E-state index contributed by atoms with van der Waals surface area (Å²) in [5.41, 5.74) is 3.84. The molecule has 37 heavy (non-hydrogen) atoms. The van der Waals surface area contributed by atoms with Crippen molar-refractivity contribution in [1.29, 1.82) is 0 Å². The SMILES string of the molecule is COC(=O)C1=C(C)N(CCCc2ccccc2)C(C)=C(C(=O)OC)C1c1ccc(OC)c(OC)c1OC. The van der Waals surface area contributed by atoms with E-state index in [0.29, 0.717) is 51.9 Å². The molecule has 0 aliphatic carbocycles. The Labute approximate surface area is 218 Å². The Morgan fingerprint density at radius 3 is 1.81 bits per heavy atom. The van der Waals surface area contributed by atoms with Gasteiger partial charge in [0, 0.05) is 23.5 Å². The molecule has 0 fully saturated rings. The molecule has 0 aromatic heterocycles. The highest BCUT2D eigenvalue weighted by atomic mass is 16.5. The highest BCUT2D eigenvalue weighted by Gasteiger charge is 2.42. The van der Waals surface area contributed by atoms with Crippen molar-refractivity contribution in [3.63, 3.8) is 0 Å². The topological polar surface area (TPSA) is 83.5 Å². The molecule has 0 radical (unpaired) electrons. The van der Waals surface area contributed by atoms with Gasteiger partial charge in [-0.25, -0.2) is 9.59 Å². The molecule has 1 aliphatic heterocycles. The van der Waals surface area contributed by atoms with Crippen LogP contribution >= 0.6 is 0 Å². The fraction of sp³-hybridized carbons (Fsp3) is 0.379. The van der Waals surface area contributed by atoms with Crippen LogP contribution in [0.25, 0.3) is 0 Å². The summed E-state index contributed by atoms with van der Waals surface area (Å²) in [5.74, 6) is -0.714. The maximum Gasteiger partial charge on any atom is 0.336 e. The van der Waals surface area contributed by atoms with Crippen molar-refractivity contribution in [2.45, 2.75) is 32.6 Å². The van der Waals surface area contributed by atoms with Gasteiger partial charge in [-0.2, -0.15) is 0 Å². The molecule has 2 aromatic rings. The van der Waals surface area contributed by atoms with Gasteiger partial charge >= 0.3 is 11.9 Å². The minimum atomic E-state index is -0.806. The number of ether oxygens (including phenoxy) is 5. The maximum absolute atomic E-state index is 13.3. The van der Waals surface area contributed by atoms with Crippen LogP contribution in [0.3, 0.4) is 0 Å². The van der Waals surface area contributed by atoms with E-state index in [1.54, 1.807) is 12.1 Å². The van der Waals surface area contributed by atoms with Crippen LogP contribution in [0.1, 0.15) is 37.3 Å². The fourth-order valence-electron chi connectivity index (χ4n) is 4.94. The van der Waals surface area contributed by atoms with Gasteiger partial charge in [-0.15, -0.1) is 0 Å². The number of esters is 2. The average molecular weight is 510 g/mol. The van der Waals surface area contributed by atoms with Gasteiger partial charge in [0.05, 0.1) is 52.6 Å². The zero-order valence-corrected chi connectivity index (χ0v) is 22.5. The Morgan fingerprint density at radius 1 is 0.757 bits per heavy atom. The van der Waals surface area contributed by atoms with Crippen LogP contribution in [0.2, 0.25) is 0 Å². The Bertz CT molecular complexity index is 1160. The number of benzene rings is 2. The number of hydrogen-bond acceptors (Lipinski definition) is 8. The zero-order valence-electron chi connectivity index (χ0n) is 22.5. The molecule has 8 nitrogen and oxygen atoms in total. The van der Waals surface area contributed by atoms with E-state index >= 15 is 0 Å². The largest absolute Gasteiger partial charge is 0.493 e. The highest BCUT2D eigenvalue weighted by molar-refractivity contribution is 6.00. The van der Waals surface area contributed by atoms with Gasteiger partial charge in [0.2, 0.25) is 5.75 Å². The van der Waals surface area contributed by atoms with E-state index < -0.39 is 17.9 Å². The van der Waals surface area contributed by atoms with Gasteiger partial charge in [-0.3, -0.25) is 0 Å². The molecule has 0 saturated heterocycles. The lowest BCUT2D eigenvalue weighted by Crippen LogP contribution is -2.35. The smallest absolute Gasteiger partial charge is 0.336 e. The summed E-state index contributed by atoms with van der Waals surface area (Å²) in [6.07, 6.45) is 1.66. The van der Waals surface area contributed by atoms with Gasteiger partial charge in [0.25, 0.3) is 0 Å². The second-order valence-electron chi connectivity index (χ2n) is 8.58. The molecule has 0 spiro atoms. The number of hydrogen-bond donors (Lipinski definition) is 0. The third-order valence-corrected chi connectivity index (χ3v) is 6.71. The molecule has 198 valence electrons. The van der Waals surface area contributed by atoms with Crippen LogP contribution in [0, 0.1) is 0 Å². The monoisotopic (exact) mass is 509 g/mol. The second kappa shape index (κ2) is 12.3. The molecule has 1 heterocycles. The second-order valence-corrected chi connectivity index (χ2v) is 8.58. The molecular weight excluding hydrogens is 474 g/mol. The fourth-order valence-corrected chi connectivity index (χ4v) is 4.94. The zero-order chi connectivity index (χ0) is 27.1. The maximum atomic E-state index is 13.3. The molecule has 0 bridgehead atoms. The van der Waals surface area contributed by atoms with Crippen molar-refractivity contribution in [2.75, 3.05) is 42.1 Å². The normalized spacial score (nSPS) is 14.0. The molecule has 0 saturated carbocycles. The molecular formula is C29H35NO7. The summed E-state index contributed by atoms with van der Waals surface area (Å²) < 4.78 is 27.2. The lowest BCUT2D eigenvalue weighted by atomic mass is 9.79. The van der Waals surface area contributed by atoms with Crippen LogP contribution in [0.4, 0.5) is 0 Å². The Balaban J connectivity index is 2.18. The minimum Gasteiger partial charge on any atom is -0.493 e. The van der Waals surface area contributed by atoms with Crippen molar-refractivity contribution in [2.24, 2.45) is 0 Å². The molecule has 2 aromatic carbocycles. The van der Waals surface area contributed by atoms with E-state index in [2.05, 4.69) is 12.1 Å². The first kappa shape index (κ1) is 27.6. The van der Waals surface area contributed by atoms with Crippen LogP contribution in [0.5, 0.6) is 17.2 Å². The summed E-state index contributed by atoms with van der Waals surface area (Å²) in [6, 6.07) is 13.7.